The van der Waals surface area contributed by atoms with Crippen LogP contribution in [0.4, 0.5) is 0 Å². The molecular formula is C20H19Cl4N3O2. The van der Waals surface area contributed by atoms with Crippen LogP contribution in [0.1, 0.15) is 28.4 Å². The number of rotatable bonds is 3. The van der Waals surface area contributed by atoms with Gasteiger partial charge in [-0.2, -0.15) is 0 Å². The molecule has 0 spiro atoms. The average Bonchev–Trinajstić information content (AvgIpc) is 2.66. The molecule has 29 heavy (non-hydrogen) atoms. The van der Waals surface area contributed by atoms with Crippen molar-refractivity contribution in [1.29, 1.82) is 0 Å². The average molecular weight is 475 g/mol. The van der Waals surface area contributed by atoms with Crippen LogP contribution >= 0.6 is 46.4 Å². The molecule has 4 rings (SSSR count). The minimum absolute atomic E-state index is 0.0119. The number of aromatic nitrogens is 1. The Hall–Kier alpha value is -1.24. The van der Waals surface area contributed by atoms with Crippen LogP contribution in [0, 0.1) is 5.92 Å². The molecule has 0 unspecified atom stereocenters. The van der Waals surface area contributed by atoms with Crippen molar-refractivity contribution < 1.29 is 4.79 Å². The zero-order valence-corrected chi connectivity index (χ0v) is 18.3. The molecule has 1 N–H and O–H groups in total. The second kappa shape index (κ2) is 8.12. The number of amides is 1. The van der Waals surface area contributed by atoms with Gasteiger partial charge in [-0.15, -0.1) is 0 Å². The van der Waals surface area contributed by atoms with E-state index in [2.05, 4.69) is 5.32 Å². The van der Waals surface area contributed by atoms with Crippen molar-refractivity contribution in [3.8, 4) is 0 Å². The molecule has 1 aromatic heterocycles. The number of alkyl halides is 3. The Morgan fingerprint density at radius 1 is 1.10 bits per heavy atom. The van der Waals surface area contributed by atoms with Gasteiger partial charge in [0.1, 0.15) is 6.17 Å². The fourth-order valence-corrected chi connectivity index (χ4v) is 5.13. The molecule has 1 saturated heterocycles. The number of nitrogens with one attached hydrogen (secondary N) is 1. The van der Waals surface area contributed by atoms with Crippen LogP contribution in [-0.4, -0.2) is 38.4 Å². The number of piperidine rings is 1. The highest BCUT2D eigenvalue weighted by Gasteiger charge is 2.44. The normalized spacial score (nSPS) is 22.6. The number of likely N-dealkylation sites (tertiary alicyclic amines) is 1. The minimum atomic E-state index is -1.73. The van der Waals surface area contributed by atoms with Crippen molar-refractivity contribution in [2.45, 2.75) is 28.8 Å². The van der Waals surface area contributed by atoms with Crippen LogP contribution < -0.4 is 10.9 Å². The summed E-state index contributed by atoms with van der Waals surface area (Å²) in [5, 5.41) is 3.31. The largest absolute Gasteiger partial charge is 0.332 e. The number of fused-ring (bicyclic) bond motifs is 4. The summed E-state index contributed by atoms with van der Waals surface area (Å²) in [7, 11) is 0. The van der Waals surface area contributed by atoms with Gasteiger partial charge in [0.15, 0.2) is 0 Å². The van der Waals surface area contributed by atoms with Crippen LogP contribution in [0.2, 0.25) is 5.02 Å². The van der Waals surface area contributed by atoms with Gasteiger partial charge in [-0.1, -0.05) is 58.5 Å². The van der Waals surface area contributed by atoms with E-state index < -0.39 is 9.96 Å². The number of hydrogen-bond acceptors (Lipinski definition) is 3. The van der Waals surface area contributed by atoms with E-state index in [9.17, 15) is 9.59 Å². The molecule has 2 aliphatic rings. The van der Waals surface area contributed by atoms with Gasteiger partial charge in [0.25, 0.3) is 11.5 Å². The summed E-state index contributed by atoms with van der Waals surface area (Å²) in [6.45, 7) is 1.82. The monoisotopic (exact) mass is 473 g/mol. The molecule has 154 valence electrons. The van der Waals surface area contributed by atoms with Gasteiger partial charge < -0.3 is 9.88 Å². The third-order valence-electron chi connectivity index (χ3n) is 5.54. The summed E-state index contributed by atoms with van der Waals surface area (Å²) in [6.07, 6.45) is 0.153. The molecule has 5 nitrogen and oxygen atoms in total. The van der Waals surface area contributed by atoms with Crippen LogP contribution in [0.3, 0.4) is 0 Å². The zero-order chi connectivity index (χ0) is 20.8. The molecule has 1 fully saturated rings. The molecule has 0 saturated carbocycles. The van der Waals surface area contributed by atoms with Crippen molar-refractivity contribution in [3.63, 3.8) is 0 Å². The lowest BCUT2D eigenvalue weighted by atomic mass is 9.83. The number of carbonyl (C=O) groups is 1. The van der Waals surface area contributed by atoms with Crippen molar-refractivity contribution in [3.05, 3.63) is 69.1 Å². The van der Waals surface area contributed by atoms with Gasteiger partial charge in [-0.3, -0.25) is 14.5 Å². The SMILES string of the molecule is O=C(N[C@@H](N1C[C@H]2C[C@H](C1)c1cccc(=O)n1C2)C(Cl)(Cl)Cl)c1cccc(Cl)c1. The number of halogens is 4. The first-order chi connectivity index (χ1) is 13.7. The van der Waals surface area contributed by atoms with E-state index >= 15 is 0 Å². The lowest BCUT2D eigenvalue weighted by Gasteiger charge is -2.47. The van der Waals surface area contributed by atoms with Gasteiger partial charge >= 0.3 is 0 Å². The predicted octanol–water partition coefficient (Wildman–Crippen LogP) is 4.05. The van der Waals surface area contributed by atoms with Crippen molar-refractivity contribution in [2.24, 2.45) is 5.92 Å². The van der Waals surface area contributed by atoms with Crippen molar-refractivity contribution >= 4 is 52.3 Å². The minimum Gasteiger partial charge on any atom is -0.332 e. The first-order valence-electron chi connectivity index (χ1n) is 9.29. The van der Waals surface area contributed by atoms with E-state index in [1.165, 1.54) is 0 Å². The third kappa shape index (κ3) is 4.44. The molecule has 2 aromatic rings. The molecule has 3 atom stereocenters. The first kappa shape index (κ1) is 21.0. The third-order valence-corrected chi connectivity index (χ3v) is 6.39. The fourth-order valence-electron chi connectivity index (χ4n) is 4.36. The van der Waals surface area contributed by atoms with E-state index in [4.69, 9.17) is 46.4 Å². The molecule has 2 bridgehead atoms. The van der Waals surface area contributed by atoms with E-state index in [-0.39, 0.29) is 23.3 Å². The van der Waals surface area contributed by atoms with Gasteiger partial charge in [-0.25, -0.2) is 0 Å². The van der Waals surface area contributed by atoms with E-state index in [0.29, 0.717) is 30.2 Å². The summed E-state index contributed by atoms with van der Waals surface area (Å²) in [6, 6.07) is 11.9. The molecule has 1 aromatic carbocycles. The number of pyridine rings is 1. The number of hydrogen-bond donors (Lipinski definition) is 1. The van der Waals surface area contributed by atoms with E-state index in [1.807, 2.05) is 15.5 Å². The highest BCUT2D eigenvalue weighted by Crippen LogP contribution is 2.40. The summed E-state index contributed by atoms with van der Waals surface area (Å²) >= 11 is 24.8. The fraction of sp³-hybridized carbons (Fsp3) is 0.400. The molecule has 3 heterocycles. The van der Waals surface area contributed by atoms with E-state index in [0.717, 1.165) is 12.1 Å². The Kier molecular flexibility index (Phi) is 5.88. The van der Waals surface area contributed by atoms with Crippen LogP contribution in [-0.2, 0) is 6.54 Å². The number of nitrogens with zero attached hydrogens (tertiary/aromatic N) is 2. The number of benzene rings is 1. The lowest BCUT2D eigenvalue weighted by Crippen LogP contribution is -2.60. The Morgan fingerprint density at radius 2 is 1.86 bits per heavy atom. The van der Waals surface area contributed by atoms with Gasteiger partial charge in [0.05, 0.1) is 0 Å². The van der Waals surface area contributed by atoms with Crippen molar-refractivity contribution in [2.75, 3.05) is 13.1 Å². The molecule has 0 radical (unpaired) electrons. The van der Waals surface area contributed by atoms with Crippen LogP contribution in [0.15, 0.2) is 47.3 Å². The molecule has 9 heteroatoms. The first-order valence-corrected chi connectivity index (χ1v) is 10.8. The Balaban J connectivity index is 1.59. The maximum Gasteiger partial charge on any atom is 0.252 e. The summed E-state index contributed by atoms with van der Waals surface area (Å²) in [5.74, 6) is 0.00442. The Morgan fingerprint density at radius 3 is 2.59 bits per heavy atom. The Labute approximate surface area is 188 Å². The molecule has 2 aliphatic heterocycles. The second-order valence-corrected chi connectivity index (χ2v) is 10.4. The summed E-state index contributed by atoms with van der Waals surface area (Å²) in [4.78, 5) is 27.0. The maximum absolute atomic E-state index is 12.8. The maximum atomic E-state index is 12.8. The highest BCUT2D eigenvalue weighted by atomic mass is 35.6. The Bertz CT molecular complexity index is 988. The number of carbonyl (C=O) groups excluding carboxylic acids is 1. The van der Waals surface area contributed by atoms with Gasteiger partial charge in [0, 0.05) is 47.9 Å². The standard InChI is InChI=1S/C20H19Cl4N3O2/c21-15-4-1-3-13(8-15)18(29)25-19(20(22,23)24)26-9-12-7-14(11-26)16-5-2-6-17(28)27(16)10-12/h1-6,8,12,14,19H,7,9-11H2,(H,25,29)/t12-,14-,19+/m1/s1. The highest BCUT2D eigenvalue weighted by molar-refractivity contribution is 6.68. The van der Waals surface area contributed by atoms with Crippen LogP contribution in [0.5, 0.6) is 0 Å². The van der Waals surface area contributed by atoms with Gasteiger partial charge in [-0.05, 0) is 36.6 Å². The van der Waals surface area contributed by atoms with Crippen LogP contribution in [0.25, 0.3) is 0 Å². The predicted molar refractivity (Wildman–Crippen MR) is 116 cm³/mol. The molecule has 1 amide bonds. The van der Waals surface area contributed by atoms with E-state index in [1.54, 1.807) is 36.4 Å². The summed E-state index contributed by atoms with van der Waals surface area (Å²) < 4.78 is 0.112. The lowest BCUT2D eigenvalue weighted by molar-refractivity contribution is 0.0586. The molecular weight excluding hydrogens is 456 g/mol. The van der Waals surface area contributed by atoms with Gasteiger partial charge in [0.2, 0.25) is 3.79 Å². The smallest absolute Gasteiger partial charge is 0.252 e. The summed E-state index contributed by atoms with van der Waals surface area (Å²) in [5.41, 5.74) is 1.39. The topological polar surface area (TPSA) is 54.3 Å². The quantitative estimate of drug-likeness (QED) is 0.682. The second-order valence-electron chi connectivity index (χ2n) is 7.58. The zero-order valence-electron chi connectivity index (χ0n) is 15.3. The molecule has 0 aliphatic carbocycles. The van der Waals surface area contributed by atoms with Crippen molar-refractivity contribution in [1.82, 2.24) is 14.8 Å².